The van der Waals surface area contributed by atoms with Crippen molar-refractivity contribution in [3.05, 3.63) is 272 Å². The predicted molar refractivity (Wildman–Crippen MR) is 326 cm³/mol. The lowest BCUT2D eigenvalue weighted by atomic mass is 9.81. The second-order valence-electron chi connectivity index (χ2n) is 20.8. The van der Waals surface area contributed by atoms with Crippen molar-refractivity contribution in [2.75, 3.05) is 0 Å². The van der Waals surface area contributed by atoms with E-state index in [0.717, 1.165) is 99.1 Å². The third kappa shape index (κ3) is 6.36. The number of fused-ring (bicyclic) bond motifs is 11. The lowest BCUT2D eigenvalue weighted by Crippen LogP contribution is -1.96. The predicted octanol–water partition coefficient (Wildman–Crippen LogP) is 21.2. The smallest absolute Gasteiger partial charge is 0.195 e. The van der Waals surface area contributed by atoms with Crippen molar-refractivity contribution in [3.8, 4) is 117 Å². The topological polar surface area (TPSA) is 28.1 Å². The Morgan fingerprint density at radius 3 is 1.27 bits per heavy atom. The van der Waals surface area contributed by atoms with Crippen LogP contribution in [0.1, 0.15) is 5.56 Å². The maximum atomic E-state index is 11.2. The quantitative estimate of drug-likeness (QED) is 0.121. The lowest BCUT2D eigenvalue weighted by molar-refractivity contribution is 1.47. The van der Waals surface area contributed by atoms with E-state index in [1.807, 2.05) is 36.4 Å². The zero-order valence-electron chi connectivity index (χ0n) is 42.1. The van der Waals surface area contributed by atoms with Crippen LogP contribution in [0.3, 0.4) is 0 Å². The molecule has 356 valence electrons. The van der Waals surface area contributed by atoms with Crippen molar-refractivity contribution in [1.29, 1.82) is 5.26 Å². The van der Waals surface area contributed by atoms with Gasteiger partial charge < -0.3 is 0 Å². The first-order chi connectivity index (χ1) is 38.6. The molecular formula is C76H42N2. The fourth-order valence-electron chi connectivity index (χ4n) is 13.4. The maximum Gasteiger partial charge on any atom is 0.195 e. The van der Waals surface area contributed by atoms with Gasteiger partial charge >= 0.3 is 0 Å². The molecule has 0 heterocycles. The molecule has 0 fully saturated rings. The van der Waals surface area contributed by atoms with Crippen molar-refractivity contribution < 1.29 is 0 Å². The molecule has 16 rings (SSSR count). The average Bonchev–Trinajstić information content (AvgIpc) is 4.21. The molecule has 0 aromatic heterocycles. The molecule has 0 unspecified atom stereocenters. The SMILES string of the molecule is [C-]#[N+]c1cc(-c2c3c(cc4c2ccc2c5cc6c(cc5c(-c5cc(C#N)c(-c7ccccc7)cc5-c5ccccc5)cc42)-c2cccc4cccc-6c24)-c2cccc4cccc-3c24)c(-c2ccccc2)cc1-c1ccccc1. The molecule has 2 nitrogen and oxygen atoms in total. The molecule has 0 spiro atoms. The molecular weight excluding hydrogens is 941 g/mol. The summed E-state index contributed by atoms with van der Waals surface area (Å²) >= 11 is 0. The highest BCUT2D eigenvalue weighted by molar-refractivity contribution is 6.30. The zero-order valence-corrected chi connectivity index (χ0v) is 42.1. The van der Waals surface area contributed by atoms with Crippen molar-refractivity contribution >= 4 is 59.5 Å². The van der Waals surface area contributed by atoms with Crippen LogP contribution in [0, 0.1) is 17.9 Å². The van der Waals surface area contributed by atoms with E-state index in [1.54, 1.807) is 0 Å². The Kier molecular flexibility index (Phi) is 9.50. The zero-order chi connectivity index (χ0) is 51.6. The van der Waals surface area contributed by atoms with Gasteiger partial charge in [0.15, 0.2) is 5.69 Å². The summed E-state index contributed by atoms with van der Waals surface area (Å²) in [5.41, 5.74) is 23.2. The normalized spacial score (nSPS) is 11.8. The molecule has 2 heteroatoms. The largest absolute Gasteiger partial charge is 0.237 e. The summed E-state index contributed by atoms with van der Waals surface area (Å²) in [6.07, 6.45) is 0. The van der Waals surface area contributed by atoms with Crippen LogP contribution in [0.4, 0.5) is 5.69 Å². The molecule has 2 aliphatic rings. The van der Waals surface area contributed by atoms with Crippen LogP contribution in [-0.4, -0.2) is 0 Å². The van der Waals surface area contributed by atoms with Crippen molar-refractivity contribution in [1.82, 2.24) is 0 Å². The van der Waals surface area contributed by atoms with Crippen molar-refractivity contribution in [2.24, 2.45) is 0 Å². The fraction of sp³-hybridized carbons (Fsp3) is 0. The van der Waals surface area contributed by atoms with Crippen molar-refractivity contribution in [2.45, 2.75) is 0 Å². The minimum absolute atomic E-state index is 0.606. The van der Waals surface area contributed by atoms with E-state index >= 15 is 0 Å². The van der Waals surface area contributed by atoms with Gasteiger partial charge in [0.1, 0.15) is 0 Å². The number of nitrogens with zero attached hydrogens (tertiary/aromatic N) is 2. The van der Waals surface area contributed by atoms with Crippen LogP contribution in [0.2, 0.25) is 0 Å². The van der Waals surface area contributed by atoms with E-state index < -0.39 is 0 Å². The van der Waals surface area contributed by atoms with E-state index in [0.29, 0.717) is 11.3 Å². The van der Waals surface area contributed by atoms with Crippen LogP contribution >= 0.6 is 0 Å². The van der Waals surface area contributed by atoms with Gasteiger partial charge in [0.05, 0.1) is 18.2 Å². The highest BCUT2D eigenvalue weighted by atomic mass is 14.6. The Hall–Kier alpha value is -10.6. The van der Waals surface area contributed by atoms with Gasteiger partial charge in [0.25, 0.3) is 0 Å². The van der Waals surface area contributed by atoms with Gasteiger partial charge in [-0.05, 0) is 202 Å². The lowest BCUT2D eigenvalue weighted by Gasteiger charge is -2.22. The summed E-state index contributed by atoms with van der Waals surface area (Å²) < 4.78 is 0. The first-order valence-electron chi connectivity index (χ1n) is 26.6. The second-order valence-corrected chi connectivity index (χ2v) is 20.8. The van der Waals surface area contributed by atoms with E-state index in [2.05, 4.69) is 229 Å². The van der Waals surface area contributed by atoms with Gasteiger partial charge in [-0.3, -0.25) is 0 Å². The summed E-state index contributed by atoms with van der Waals surface area (Å²) in [5.74, 6) is 0. The summed E-state index contributed by atoms with van der Waals surface area (Å²) in [6.45, 7) is 8.78. The number of rotatable bonds is 6. The minimum Gasteiger partial charge on any atom is -0.237 e. The van der Waals surface area contributed by atoms with Crippen molar-refractivity contribution in [3.63, 3.8) is 0 Å². The van der Waals surface area contributed by atoms with Gasteiger partial charge in [0, 0.05) is 5.56 Å². The van der Waals surface area contributed by atoms with Crippen LogP contribution in [0.5, 0.6) is 0 Å². The fourth-order valence-corrected chi connectivity index (χ4v) is 13.4. The minimum atomic E-state index is 0.606. The molecule has 0 bridgehead atoms. The molecule has 0 amide bonds. The molecule has 14 aromatic rings. The van der Waals surface area contributed by atoms with E-state index in [1.165, 1.54) is 66.1 Å². The van der Waals surface area contributed by atoms with E-state index in [4.69, 9.17) is 6.57 Å². The average molecular weight is 983 g/mol. The summed E-state index contributed by atoms with van der Waals surface area (Å²) in [4.78, 5) is 4.31. The highest BCUT2D eigenvalue weighted by Crippen LogP contribution is 2.58. The molecule has 0 N–H and O–H groups in total. The number of hydrogen-bond donors (Lipinski definition) is 0. The number of benzene rings is 14. The summed E-state index contributed by atoms with van der Waals surface area (Å²) in [5, 5.41) is 22.9. The van der Waals surface area contributed by atoms with Crippen LogP contribution < -0.4 is 0 Å². The Morgan fingerprint density at radius 2 is 0.692 bits per heavy atom. The summed E-state index contributed by atoms with van der Waals surface area (Å²) in [6, 6.07) is 94.6. The first-order valence-corrected chi connectivity index (χ1v) is 26.6. The van der Waals surface area contributed by atoms with Crippen LogP contribution in [-0.2, 0) is 0 Å². The first kappa shape index (κ1) is 43.7. The third-order valence-corrected chi connectivity index (χ3v) is 16.8. The molecule has 0 saturated carbocycles. The maximum absolute atomic E-state index is 11.2. The molecule has 0 aliphatic heterocycles. The molecule has 14 aromatic carbocycles. The molecule has 78 heavy (non-hydrogen) atoms. The molecule has 0 radical (unpaired) electrons. The monoisotopic (exact) mass is 982 g/mol. The standard InChI is InChI=1S/C76H42N2/c1-78-72-43-71(60(47-22-10-4-11-23-47)38-61(72)48-24-12-5-13-25-48)75-56-35-34-52-63(67(56)42-70-55-32-16-28-50-29-17-33-57(74(50)55)76(70)75)40-68(69-41-66-54-31-15-27-49-26-14-30-53(73(49)54)65(66)39-64(52)69)62-36-51(44-77)58(45-18-6-2-7-19-45)37-59(62)46-20-8-3-9-21-46/h2-43H. The van der Waals surface area contributed by atoms with E-state index in [-0.39, 0.29) is 0 Å². The Bertz CT molecular complexity index is 4990. The highest BCUT2D eigenvalue weighted by Gasteiger charge is 2.31. The van der Waals surface area contributed by atoms with Gasteiger partial charge in [-0.15, -0.1) is 0 Å². The van der Waals surface area contributed by atoms with Gasteiger partial charge in [-0.2, -0.15) is 5.26 Å². The Balaban J connectivity index is 1.09. The number of nitriles is 1. The van der Waals surface area contributed by atoms with Crippen LogP contribution in [0.25, 0.3) is 170 Å². The molecule has 2 aliphatic carbocycles. The van der Waals surface area contributed by atoms with E-state index in [9.17, 15) is 5.26 Å². The molecule has 0 saturated heterocycles. The van der Waals surface area contributed by atoms with Gasteiger partial charge in [0.2, 0.25) is 0 Å². The van der Waals surface area contributed by atoms with Gasteiger partial charge in [-0.1, -0.05) is 212 Å². The summed E-state index contributed by atoms with van der Waals surface area (Å²) in [7, 11) is 0. The Morgan fingerprint density at radius 1 is 0.269 bits per heavy atom. The third-order valence-electron chi connectivity index (χ3n) is 16.8. The Labute approximate surface area is 451 Å². The van der Waals surface area contributed by atoms with Crippen LogP contribution in [0.15, 0.2) is 255 Å². The second kappa shape index (κ2) is 16.9. The van der Waals surface area contributed by atoms with Gasteiger partial charge in [-0.25, -0.2) is 4.85 Å². The molecule has 0 atom stereocenters. The number of hydrogen-bond acceptors (Lipinski definition) is 1.